The van der Waals surface area contributed by atoms with Crippen molar-refractivity contribution >= 4 is 11.6 Å². The largest absolute Gasteiger partial charge is 0.387 e. The zero-order valence-corrected chi connectivity index (χ0v) is 12.2. The molecule has 1 fully saturated rings. The normalized spacial score (nSPS) is 17.8. The topological polar surface area (TPSA) is 56.7 Å². The molecule has 0 radical (unpaired) electrons. The summed E-state index contributed by atoms with van der Waals surface area (Å²) in [5.41, 5.74) is 1.78. The first-order valence-corrected chi connectivity index (χ1v) is 7.26. The molecule has 0 aromatic carbocycles. The molecule has 5 nitrogen and oxygen atoms in total. The first kappa shape index (κ1) is 14.8. The highest BCUT2D eigenvalue weighted by atomic mass is 16.3. The molecule has 1 aliphatic rings. The van der Waals surface area contributed by atoms with Gasteiger partial charge in [-0.15, -0.1) is 0 Å². The second-order valence-corrected chi connectivity index (χ2v) is 5.21. The number of aliphatic hydroxyl groups excluding tert-OH is 1. The Morgan fingerprint density at radius 2 is 2.15 bits per heavy atom. The van der Waals surface area contributed by atoms with Crippen molar-refractivity contribution in [2.24, 2.45) is 0 Å². The maximum atomic E-state index is 11.4. The second kappa shape index (κ2) is 6.70. The molecule has 0 bridgehead atoms. The van der Waals surface area contributed by atoms with Gasteiger partial charge < -0.3 is 14.9 Å². The standard InChI is InChI=1S/C15H23N3O2/c1-3-15(20)14-6-5-13(11-16-14)18-8-4-7-17(9-10-18)12(2)19/h5-6,11,15,20H,3-4,7-10H2,1-2H3. The van der Waals surface area contributed by atoms with E-state index in [1.807, 2.05) is 30.2 Å². The van der Waals surface area contributed by atoms with E-state index < -0.39 is 6.10 Å². The summed E-state index contributed by atoms with van der Waals surface area (Å²) in [6.07, 6.45) is 2.97. The van der Waals surface area contributed by atoms with Crippen LogP contribution in [0.15, 0.2) is 18.3 Å². The van der Waals surface area contributed by atoms with E-state index in [9.17, 15) is 9.90 Å². The molecule has 1 atom stereocenters. The monoisotopic (exact) mass is 277 g/mol. The van der Waals surface area contributed by atoms with Crippen LogP contribution in [-0.2, 0) is 4.79 Å². The molecular formula is C15H23N3O2. The highest BCUT2D eigenvalue weighted by Gasteiger charge is 2.17. The Hall–Kier alpha value is -1.62. The van der Waals surface area contributed by atoms with Crippen molar-refractivity contribution < 1.29 is 9.90 Å². The number of anilines is 1. The third-order valence-corrected chi connectivity index (χ3v) is 3.81. The average Bonchev–Trinajstić information content (AvgIpc) is 2.72. The number of carbonyl (C=O) groups is 1. The maximum Gasteiger partial charge on any atom is 0.219 e. The van der Waals surface area contributed by atoms with Crippen LogP contribution < -0.4 is 4.90 Å². The molecule has 0 aliphatic carbocycles. The fourth-order valence-corrected chi connectivity index (χ4v) is 2.48. The van der Waals surface area contributed by atoms with Gasteiger partial charge in [0.15, 0.2) is 0 Å². The minimum atomic E-state index is -0.485. The van der Waals surface area contributed by atoms with Crippen LogP contribution in [0.4, 0.5) is 5.69 Å². The molecule has 110 valence electrons. The minimum absolute atomic E-state index is 0.145. The fraction of sp³-hybridized carbons (Fsp3) is 0.600. The molecule has 1 N–H and O–H groups in total. The Morgan fingerprint density at radius 3 is 2.75 bits per heavy atom. The van der Waals surface area contributed by atoms with E-state index in [0.29, 0.717) is 6.42 Å². The van der Waals surface area contributed by atoms with Crippen molar-refractivity contribution in [1.29, 1.82) is 0 Å². The SMILES string of the molecule is CCC(O)c1ccc(N2CCCN(C(C)=O)CC2)cn1. The van der Waals surface area contributed by atoms with Gasteiger partial charge in [0.05, 0.1) is 23.7 Å². The number of hydrogen-bond donors (Lipinski definition) is 1. The molecule has 2 rings (SSSR count). The van der Waals surface area contributed by atoms with Crippen molar-refractivity contribution in [2.45, 2.75) is 32.8 Å². The molecular weight excluding hydrogens is 254 g/mol. The van der Waals surface area contributed by atoms with Crippen LogP contribution in [0, 0.1) is 0 Å². The number of pyridine rings is 1. The zero-order valence-electron chi connectivity index (χ0n) is 12.2. The highest BCUT2D eigenvalue weighted by Crippen LogP contribution is 2.19. The number of carbonyl (C=O) groups excluding carboxylic acids is 1. The van der Waals surface area contributed by atoms with E-state index in [1.165, 1.54) is 0 Å². The van der Waals surface area contributed by atoms with E-state index >= 15 is 0 Å². The summed E-state index contributed by atoms with van der Waals surface area (Å²) in [6.45, 7) is 6.90. The number of aromatic nitrogens is 1. The van der Waals surface area contributed by atoms with Crippen LogP contribution in [0.5, 0.6) is 0 Å². The van der Waals surface area contributed by atoms with E-state index in [4.69, 9.17) is 0 Å². The number of amides is 1. The van der Waals surface area contributed by atoms with Crippen molar-refractivity contribution in [3.05, 3.63) is 24.0 Å². The van der Waals surface area contributed by atoms with Crippen LogP contribution in [0.25, 0.3) is 0 Å². The van der Waals surface area contributed by atoms with Crippen molar-refractivity contribution in [3.8, 4) is 0 Å². The Kier molecular flexibility index (Phi) is 4.95. The summed E-state index contributed by atoms with van der Waals surface area (Å²) < 4.78 is 0. The van der Waals surface area contributed by atoms with Crippen LogP contribution in [0.2, 0.25) is 0 Å². The summed E-state index contributed by atoms with van der Waals surface area (Å²) >= 11 is 0. The lowest BCUT2D eigenvalue weighted by Gasteiger charge is -2.23. The van der Waals surface area contributed by atoms with Crippen LogP contribution in [0.3, 0.4) is 0 Å². The summed E-state index contributed by atoms with van der Waals surface area (Å²) in [6, 6.07) is 3.89. The van der Waals surface area contributed by atoms with Gasteiger partial charge in [-0.25, -0.2) is 0 Å². The van der Waals surface area contributed by atoms with Gasteiger partial charge in [0.1, 0.15) is 0 Å². The molecule has 0 spiro atoms. The molecule has 1 saturated heterocycles. The lowest BCUT2D eigenvalue weighted by molar-refractivity contribution is -0.128. The summed E-state index contributed by atoms with van der Waals surface area (Å²) in [5, 5.41) is 9.75. The van der Waals surface area contributed by atoms with Crippen LogP contribution >= 0.6 is 0 Å². The molecule has 1 aliphatic heterocycles. The third-order valence-electron chi connectivity index (χ3n) is 3.81. The van der Waals surface area contributed by atoms with Gasteiger partial charge in [-0.1, -0.05) is 6.92 Å². The van der Waals surface area contributed by atoms with Gasteiger partial charge in [0.25, 0.3) is 0 Å². The van der Waals surface area contributed by atoms with Crippen molar-refractivity contribution in [1.82, 2.24) is 9.88 Å². The van der Waals surface area contributed by atoms with Crippen LogP contribution in [0.1, 0.15) is 38.5 Å². The molecule has 1 aromatic heterocycles. The average molecular weight is 277 g/mol. The van der Waals surface area contributed by atoms with Gasteiger partial charge in [0.2, 0.25) is 5.91 Å². The van der Waals surface area contributed by atoms with Crippen LogP contribution in [-0.4, -0.2) is 47.1 Å². The third kappa shape index (κ3) is 3.48. The van der Waals surface area contributed by atoms with Gasteiger partial charge in [-0.2, -0.15) is 0 Å². The van der Waals surface area contributed by atoms with Crippen molar-refractivity contribution in [2.75, 3.05) is 31.1 Å². The smallest absolute Gasteiger partial charge is 0.219 e. The van der Waals surface area contributed by atoms with E-state index in [2.05, 4.69) is 9.88 Å². The first-order valence-electron chi connectivity index (χ1n) is 7.26. The lowest BCUT2D eigenvalue weighted by Crippen LogP contribution is -2.33. The lowest BCUT2D eigenvalue weighted by atomic mass is 10.2. The van der Waals surface area contributed by atoms with Crippen molar-refractivity contribution in [3.63, 3.8) is 0 Å². The predicted octanol–water partition coefficient (Wildman–Crippen LogP) is 1.58. The second-order valence-electron chi connectivity index (χ2n) is 5.21. The Bertz CT molecular complexity index is 447. The van der Waals surface area contributed by atoms with Gasteiger partial charge in [-0.3, -0.25) is 9.78 Å². The van der Waals surface area contributed by atoms with Gasteiger partial charge >= 0.3 is 0 Å². The molecule has 1 aromatic rings. The molecule has 2 heterocycles. The molecule has 0 saturated carbocycles. The molecule has 1 amide bonds. The summed E-state index contributed by atoms with van der Waals surface area (Å²) in [5.74, 6) is 0.145. The Labute approximate surface area is 120 Å². The van der Waals surface area contributed by atoms with E-state index in [-0.39, 0.29) is 5.91 Å². The number of rotatable bonds is 3. The highest BCUT2D eigenvalue weighted by molar-refractivity contribution is 5.73. The number of aliphatic hydroxyl groups is 1. The fourth-order valence-electron chi connectivity index (χ4n) is 2.48. The molecule has 1 unspecified atom stereocenters. The minimum Gasteiger partial charge on any atom is -0.387 e. The first-order chi connectivity index (χ1) is 9.61. The number of nitrogens with zero attached hydrogens (tertiary/aromatic N) is 3. The van der Waals surface area contributed by atoms with Gasteiger partial charge in [-0.05, 0) is 25.0 Å². The molecule has 5 heteroatoms. The summed E-state index contributed by atoms with van der Waals surface area (Å²) in [7, 11) is 0. The van der Waals surface area contributed by atoms with Gasteiger partial charge in [0, 0.05) is 33.1 Å². The summed E-state index contributed by atoms with van der Waals surface area (Å²) in [4.78, 5) is 19.9. The maximum absolute atomic E-state index is 11.4. The predicted molar refractivity (Wildman–Crippen MR) is 78.6 cm³/mol. The zero-order chi connectivity index (χ0) is 14.5. The Balaban J connectivity index is 2.02. The quantitative estimate of drug-likeness (QED) is 0.911. The Morgan fingerprint density at radius 1 is 1.35 bits per heavy atom. The number of hydrogen-bond acceptors (Lipinski definition) is 4. The van der Waals surface area contributed by atoms with E-state index in [0.717, 1.165) is 44.0 Å². The van der Waals surface area contributed by atoms with E-state index in [1.54, 1.807) is 6.92 Å². The molecule has 20 heavy (non-hydrogen) atoms.